The fourth-order valence-corrected chi connectivity index (χ4v) is 4.07. The summed E-state index contributed by atoms with van der Waals surface area (Å²) in [4.78, 5) is 23.0. The Balaban J connectivity index is 1.48. The smallest absolute Gasteiger partial charge is 0.319 e. The molecule has 0 spiro atoms. The van der Waals surface area contributed by atoms with Gasteiger partial charge in [0, 0.05) is 38.0 Å². The highest BCUT2D eigenvalue weighted by Gasteiger charge is 2.34. The molecule has 3 aromatic rings. The van der Waals surface area contributed by atoms with Gasteiger partial charge in [0.15, 0.2) is 5.69 Å². The first kappa shape index (κ1) is 20.8. The van der Waals surface area contributed by atoms with E-state index in [1.807, 2.05) is 48.5 Å². The molecule has 0 unspecified atom stereocenters. The average molecular weight is 415 g/mol. The Morgan fingerprint density at radius 2 is 2.10 bits per heavy atom. The number of nitrogens with one attached hydrogen (secondary N) is 2. The highest BCUT2D eigenvalue weighted by Crippen LogP contribution is 2.30. The minimum absolute atomic E-state index is 0.0775. The first-order valence-electron chi connectivity index (χ1n) is 10.3. The number of rotatable bonds is 6. The van der Waals surface area contributed by atoms with Gasteiger partial charge in [-0.2, -0.15) is 0 Å². The van der Waals surface area contributed by atoms with Crippen molar-refractivity contribution in [1.29, 1.82) is 0 Å². The third-order valence-electron chi connectivity index (χ3n) is 5.60. The number of para-hydroxylation sites is 1. The standard InChI is InChI=1S/C24H25N5O2/c1-25-19-8-5-7-17(12-19)21-15-29(10-11-31-2)16-23(21)28-24(30)27-20-13-18-6-3-4-9-22(18)26-14-20/h3-9,12-14,21,23H,10-11,15-16H2,2H3,(H2,27,28,30)/t21-,23+/m0/s1. The van der Waals surface area contributed by atoms with Crippen molar-refractivity contribution in [2.45, 2.75) is 12.0 Å². The Bertz CT molecular complexity index is 1110. The molecule has 2 N–H and O–H groups in total. The van der Waals surface area contributed by atoms with Crippen molar-refractivity contribution in [2.24, 2.45) is 0 Å². The van der Waals surface area contributed by atoms with Crippen LogP contribution in [0, 0.1) is 6.57 Å². The van der Waals surface area contributed by atoms with Crippen molar-refractivity contribution < 1.29 is 9.53 Å². The van der Waals surface area contributed by atoms with Crippen molar-refractivity contribution in [3.63, 3.8) is 0 Å². The molecule has 1 saturated heterocycles. The van der Waals surface area contributed by atoms with Gasteiger partial charge in [-0.3, -0.25) is 9.88 Å². The van der Waals surface area contributed by atoms with Crippen LogP contribution in [0.2, 0.25) is 0 Å². The molecule has 0 bridgehead atoms. The van der Waals surface area contributed by atoms with E-state index in [0.29, 0.717) is 18.0 Å². The summed E-state index contributed by atoms with van der Waals surface area (Å²) >= 11 is 0. The maximum Gasteiger partial charge on any atom is 0.319 e. The van der Waals surface area contributed by atoms with Crippen LogP contribution in [0.4, 0.5) is 16.2 Å². The van der Waals surface area contributed by atoms with E-state index in [0.717, 1.165) is 36.1 Å². The second-order valence-electron chi connectivity index (χ2n) is 7.69. The number of methoxy groups -OCH3 is 1. The molecule has 2 aromatic carbocycles. The summed E-state index contributed by atoms with van der Waals surface area (Å²) < 4.78 is 5.22. The van der Waals surface area contributed by atoms with Crippen LogP contribution in [0.25, 0.3) is 15.7 Å². The minimum atomic E-state index is -0.262. The number of ether oxygens (including phenoxy) is 1. The first-order chi connectivity index (χ1) is 15.2. The minimum Gasteiger partial charge on any atom is -0.383 e. The van der Waals surface area contributed by atoms with Gasteiger partial charge in [-0.05, 0) is 12.1 Å². The maximum atomic E-state index is 12.8. The third kappa shape index (κ3) is 5.00. The lowest BCUT2D eigenvalue weighted by Gasteiger charge is -2.21. The monoisotopic (exact) mass is 415 g/mol. The topological polar surface area (TPSA) is 70.8 Å². The summed E-state index contributed by atoms with van der Waals surface area (Å²) in [5.41, 5.74) is 3.21. The highest BCUT2D eigenvalue weighted by molar-refractivity contribution is 5.92. The van der Waals surface area contributed by atoms with Crippen LogP contribution < -0.4 is 10.6 Å². The van der Waals surface area contributed by atoms with E-state index in [4.69, 9.17) is 11.3 Å². The number of hydrogen-bond acceptors (Lipinski definition) is 4. The Morgan fingerprint density at radius 3 is 2.94 bits per heavy atom. The fourth-order valence-electron chi connectivity index (χ4n) is 4.07. The van der Waals surface area contributed by atoms with E-state index in [2.05, 4.69) is 25.4 Å². The van der Waals surface area contributed by atoms with Gasteiger partial charge >= 0.3 is 6.03 Å². The van der Waals surface area contributed by atoms with Gasteiger partial charge in [-0.25, -0.2) is 9.64 Å². The van der Waals surface area contributed by atoms with Gasteiger partial charge < -0.3 is 15.4 Å². The van der Waals surface area contributed by atoms with Crippen molar-refractivity contribution >= 4 is 28.3 Å². The summed E-state index contributed by atoms with van der Waals surface area (Å²) in [6.45, 7) is 10.3. The lowest BCUT2D eigenvalue weighted by molar-refractivity contribution is 0.159. The van der Waals surface area contributed by atoms with Crippen molar-refractivity contribution in [1.82, 2.24) is 15.2 Å². The van der Waals surface area contributed by atoms with Crippen molar-refractivity contribution in [3.8, 4) is 0 Å². The number of carbonyl (C=O) groups excluding carboxylic acids is 1. The molecule has 2 heterocycles. The number of hydrogen-bond donors (Lipinski definition) is 2. The fraction of sp³-hybridized carbons (Fsp3) is 0.292. The Labute approximate surface area is 181 Å². The number of benzene rings is 2. The van der Waals surface area contributed by atoms with Crippen LogP contribution in [0.5, 0.6) is 0 Å². The predicted molar refractivity (Wildman–Crippen MR) is 121 cm³/mol. The normalized spacial score (nSPS) is 18.6. The summed E-state index contributed by atoms with van der Waals surface area (Å²) in [5, 5.41) is 7.01. The largest absolute Gasteiger partial charge is 0.383 e. The Morgan fingerprint density at radius 1 is 1.23 bits per heavy atom. The molecule has 7 nitrogen and oxygen atoms in total. The van der Waals surface area contributed by atoms with Crippen LogP contribution in [0.1, 0.15) is 11.5 Å². The molecule has 1 fully saturated rings. The van der Waals surface area contributed by atoms with Crippen LogP contribution in [-0.2, 0) is 4.74 Å². The molecule has 2 atom stereocenters. The van der Waals surface area contributed by atoms with Crippen molar-refractivity contribution in [3.05, 3.63) is 77.8 Å². The molecule has 0 radical (unpaired) electrons. The lowest BCUT2D eigenvalue weighted by atomic mass is 9.94. The lowest BCUT2D eigenvalue weighted by Crippen LogP contribution is -2.42. The number of fused-ring (bicyclic) bond motifs is 1. The summed E-state index contributed by atoms with van der Waals surface area (Å²) in [6, 6.07) is 17.0. The van der Waals surface area contributed by atoms with E-state index in [1.54, 1.807) is 19.4 Å². The van der Waals surface area contributed by atoms with E-state index < -0.39 is 0 Å². The van der Waals surface area contributed by atoms with Gasteiger partial charge in [0.1, 0.15) is 0 Å². The van der Waals surface area contributed by atoms with Gasteiger partial charge in [0.2, 0.25) is 0 Å². The van der Waals surface area contributed by atoms with E-state index in [9.17, 15) is 4.79 Å². The quantitative estimate of drug-likeness (QED) is 0.597. The Hall–Kier alpha value is -3.47. The molecule has 0 aliphatic carbocycles. The summed E-state index contributed by atoms with van der Waals surface area (Å²) in [6.07, 6.45) is 1.66. The molecule has 31 heavy (non-hydrogen) atoms. The molecule has 2 amide bonds. The van der Waals surface area contributed by atoms with Crippen LogP contribution in [0.15, 0.2) is 60.8 Å². The molecule has 158 valence electrons. The molecule has 4 rings (SSSR count). The summed E-state index contributed by atoms with van der Waals surface area (Å²) in [7, 11) is 1.69. The zero-order chi connectivity index (χ0) is 21.6. The molecule has 1 aliphatic rings. The number of anilines is 1. The van der Waals surface area contributed by atoms with E-state index in [1.165, 1.54) is 0 Å². The van der Waals surface area contributed by atoms with Crippen LogP contribution in [0.3, 0.4) is 0 Å². The zero-order valence-corrected chi connectivity index (χ0v) is 17.4. The number of carbonyl (C=O) groups is 1. The number of aromatic nitrogens is 1. The number of amides is 2. The second-order valence-corrected chi connectivity index (χ2v) is 7.69. The molecule has 1 aromatic heterocycles. The number of urea groups is 1. The average Bonchev–Trinajstić information content (AvgIpc) is 3.20. The Kier molecular flexibility index (Phi) is 6.41. The number of pyridine rings is 1. The van der Waals surface area contributed by atoms with Crippen LogP contribution >= 0.6 is 0 Å². The predicted octanol–water partition coefficient (Wildman–Crippen LogP) is 4.02. The SMILES string of the molecule is [C-]#[N+]c1cccc([C@@H]2CN(CCOC)C[C@H]2NC(=O)Nc2cnc3ccccc3c2)c1. The maximum absolute atomic E-state index is 12.8. The van der Waals surface area contributed by atoms with Gasteiger partial charge in [0.25, 0.3) is 0 Å². The van der Waals surface area contributed by atoms with Crippen LogP contribution in [-0.4, -0.2) is 55.3 Å². The zero-order valence-electron chi connectivity index (χ0n) is 17.4. The molecule has 7 heteroatoms. The highest BCUT2D eigenvalue weighted by atomic mass is 16.5. The van der Waals surface area contributed by atoms with E-state index >= 15 is 0 Å². The number of nitrogens with zero attached hydrogens (tertiary/aromatic N) is 3. The molecular weight excluding hydrogens is 390 g/mol. The van der Waals surface area contributed by atoms with Crippen molar-refractivity contribution in [2.75, 3.05) is 38.7 Å². The second kappa shape index (κ2) is 9.56. The van der Waals surface area contributed by atoms with Gasteiger partial charge in [0.05, 0.1) is 36.6 Å². The molecule has 1 aliphatic heterocycles. The summed E-state index contributed by atoms with van der Waals surface area (Å²) in [5.74, 6) is 0.0963. The molecule has 0 saturated carbocycles. The third-order valence-corrected chi connectivity index (χ3v) is 5.60. The van der Waals surface area contributed by atoms with Gasteiger partial charge in [-0.15, -0.1) is 0 Å². The molecular formula is C24H25N5O2. The first-order valence-corrected chi connectivity index (χ1v) is 10.3. The number of likely N-dealkylation sites (tertiary alicyclic amines) is 1. The van der Waals surface area contributed by atoms with Gasteiger partial charge in [-0.1, -0.05) is 48.0 Å². The van der Waals surface area contributed by atoms with E-state index in [-0.39, 0.29) is 18.0 Å².